The molecule has 0 radical (unpaired) electrons. The van der Waals surface area contributed by atoms with Crippen LogP contribution in [0.3, 0.4) is 0 Å². The van der Waals surface area contributed by atoms with Gasteiger partial charge < -0.3 is 24.4 Å². The molecule has 0 aliphatic heterocycles. The Bertz CT molecular complexity index is 1480. The number of aryl methyl sites for hydroxylation is 1. The van der Waals surface area contributed by atoms with Crippen LogP contribution >= 0.6 is 0 Å². The van der Waals surface area contributed by atoms with Gasteiger partial charge in [-0.25, -0.2) is 9.97 Å². The second-order valence-corrected chi connectivity index (χ2v) is 8.00. The van der Waals surface area contributed by atoms with Gasteiger partial charge in [-0.15, -0.1) is 0 Å². The molecule has 0 fully saturated rings. The fourth-order valence-corrected chi connectivity index (χ4v) is 4.04. The van der Waals surface area contributed by atoms with Crippen LogP contribution in [-0.4, -0.2) is 23.0 Å². The number of fused-ring (bicyclic) bond motifs is 1. The van der Waals surface area contributed by atoms with Crippen molar-refractivity contribution < 1.29 is 48.6 Å². The summed E-state index contributed by atoms with van der Waals surface area (Å²) < 4.78 is 11.6. The number of anilines is 2. The molecule has 0 saturated carbocycles. The fourth-order valence-electron chi connectivity index (χ4n) is 4.04. The van der Waals surface area contributed by atoms with Crippen molar-refractivity contribution in [2.75, 3.05) is 12.4 Å². The van der Waals surface area contributed by atoms with E-state index in [1.54, 1.807) is 7.11 Å². The molecule has 5 aromatic rings. The number of hydrogen-bond acceptors (Lipinski definition) is 7. The van der Waals surface area contributed by atoms with Crippen molar-refractivity contribution in [3.05, 3.63) is 90.8 Å². The predicted molar refractivity (Wildman–Crippen MR) is 132 cm³/mol. The average molecular weight is 487 g/mol. The van der Waals surface area contributed by atoms with Gasteiger partial charge in [0.05, 0.1) is 12.5 Å². The minimum absolute atomic E-state index is 0. The molecule has 5 rings (SSSR count). The zero-order valence-electron chi connectivity index (χ0n) is 20.0. The number of hydrogen-bond donors (Lipinski definition) is 1. The molecule has 2 aromatic heterocycles. The van der Waals surface area contributed by atoms with Crippen molar-refractivity contribution in [2.24, 2.45) is 0 Å². The van der Waals surface area contributed by atoms with Gasteiger partial charge in [-0.05, 0) is 48.2 Å². The molecule has 0 spiro atoms. The maximum Gasteiger partial charge on any atom is 1.00 e. The van der Waals surface area contributed by atoms with Crippen LogP contribution in [0.4, 0.5) is 11.5 Å². The van der Waals surface area contributed by atoms with E-state index in [-0.39, 0.29) is 36.0 Å². The number of carbonyl (C=O) groups excluding carboxylic acids is 1. The second-order valence-electron chi connectivity index (χ2n) is 8.00. The number of carboxylic acid groups (broad SMARTS) is 1. The summed E-state index contributed by atoms with van der Waals surface area (Å²) in [5, 5.41) is 15.0. The van der Waals surface area contributed by atoms with Gasteiger partial charge in [-0.2, -0.15) is 0 Å². The topological polar surface area (TPSA) is 100 Å². The summed E-state index contributed by atoms with van der Waals surface area (Å²) >= 11 is 0. The molecular formula is C28H22N3NaO4. The number of rotatable bonds is 8. The van der Waals surface area contributed by atoms with Gasteiger partial charge in [0, 0.05) is 22.8 Å². The van der Waals surface area contributed by atoms with Crippen LogP contribution in [-0.2, 0) is 11.2 Å². The number of methoxy groups -OCH3 is 1. The van der Waals surface area contributed by atoms with Gasteiger partial charge in [0.2, 0.25) is 5.71 Å². The van der Waals surface area contributed by atoms with Gasteiger partial charge in [0.15, 0.2) is 0 Å². The van der Waals surface area contributed by atoms with Crippen molar-refractivity contribution >= 4 is 28.6 Å². The number of benzene rings is 3. The number of carboxylic acids is 1. The predicted octanol–water partition coefficient (Wildman–Crippen LogP) is 2.00. The van der Waals surface area contributed by atoms with E-state index in [0.29, 0.717) is 23.7 Å². The zero-order chi connectivity index (χ0) is 24.2. The Labute approximate surface area is 230 Å². The third-order valence-corrected chi connectivity index (χ3v) is 5.71. The van der Waals surface area contributed by atoms with E-state index in [1.165, 1.54) is 6.33 Å². The second kappa shape index (κ2) is 11.4. The van der Waals surface area contributed by atoms with E-state index in [1.807, 2.05) is 78.9 Å². The van der Waals surface area contributed by atoms with Gasteiger partial charge in [0.1, 0.15) is 23.7 Å². The van der Waals surface area contributed by atoms with Crippen molar-refractivity contribution in [1.82, 2.24) is 9.97 Å². The molecule has 0 aliphatic carbocycles. The molecular weight excluding hydrogens is 465 g/mol. The quantitative estimate of drug-likeness (QED) is 0.334. The summed E-state index contributed by atoms with van der Waals surface area (Å²) in [4.78, 5) is 19.8. The summed E-state index contributed by atoms with van der Waals surface area (Å²) in [5.74, 6) is 0.962. The van der Waals surface area contributed by atoms with E-state index in [4.69, 9.17) is 9.15 Å². The standard InChI is InChI=1S/C28H23N3O4.Na/c1-34-22-13-11-19(12-14-22)24-25-27(31-21-9-5-6-18(16-21)10-15-23(32)33)29-17-30-28(25)35-26(24)20-7-3-2-4-8-20;/h2-9,11-14,16-17H,10,15H2,1H3,(H,32,33)(H,29,30,31);/q;+1/p-1. The number of aromatic nitrogens is 2. The normalized spacial score (nSPS) is 10.6. The molecule has 0 unspecified atom stereocenters. The smallest absolute Gasteiger partial charge is 0.550 e. The van der Waals surface area contributed by atoms with Crippen LogP contribution in [0.1, 0.15) is 12.0 Å². The fraction of sp³-hybridized carbons (Fsp3) is 0.107. The summed E-state index contributed by atoms with van der Waals surface area (Å²) in [6, 6.07) is 25.2. The van der Waals surface area contributed by atoms with Crippen LogP contribution in [0.5, 0.6) is 5.75 Å². The molecule has 36 heavy (non-hydrogen) atoms. The molecule has 174 valence electrons. The first-order valence-electron chi connectivity index (χ1n) is 11.2. The third-order valence-electron chi connectivity index (χ3n) is 5.71. The maximum absolute atomic E-state index is 10.9. The molecule has 0 amide bonds. The Morgan fingerprint density at radius 1 is 0.972 bits per heavy atom. The Morgan fingerprint density at radius 3 is 2.47 bits per heavy atom. The number of nitrogens with one attached hydrogen (secondary N) is 1. The van der Waals surface area contributed by atoms with Crippen LogP contribution in [0, 0.1) is 0 Å². The monoisotopic (exact) mass is 487 g/mol. The van der Waals surface area contributed by atoms with E-state index in [2.05, 4.69) is 15.3 Å². The average Bonchev–Trinajstić information content (AvgIpc) is 3.29. The molecule has 7 nitrogen and oxygen atoms in total. The first-order valence-corrected chi connectivity index (χ1v) is 11.2. The minimum atomic E-state index is -1.07. The molecule has 0 atom stereocenters. The number of ether oxygens (including phenoxy) is 1. The number of carbonyl (C=O) groups is 1. The number of furan rings is 1. The Morgan fingerprint density at radius 2 is 1.75 bits per heavy atom. The molecule has 0 saturated heterocycles. The first-order chi connectivity index (χ1) is 17.1. The van der Waals surface area contributed by atoms with E-state index in [0.717, 1.165) is 39.1 Å². The van der Waals surface area contributed by atoms with E-state index in [9.17, 15) is 9.90 Å². The molecule has 1 N–H and O–H groups in total. The molecule has 8 heteroatoms. The van der Waals surface area contributed by atoms with Crippen LogP contribution in [0.2, 0.25) is 0 Å². The van der Waals surface area contributed by atoms with Gasteiger partial charge in [0.25, 0.3) is 0 Å². The van der Waals surface area contributed by atoms with Gasteiger partial charge in [-0.3, -0.25) is 0 Å². The van der Waals surface area contributed by atoms with Crippen molar-refractivity contribution in [3.63, 3.8) is 0 Å². The molecule has 2 heterocycles. The third kappa shape index (κ3) is 5.44. The van der Waals surface area contributed by atoms with E-state index < -0.39 is 5.97 Å². The van der Waals surface area contributed by atoms with Crippen LogP contribution < -0.4 is 44.7 Å². The van der Waals surface area contributed by atoms with Gasteiger partial charge >= 0.3 is 29.6 Å². The first kappa shape index (κ1) is 25.4. The summed E-state index contributed by atoms with van der Waals surface area (Å²) in [5.41, 5.74) is 4.85. The van der Waals surface area contributed by atoms with Crippen molar-refractivity contribution in [2.45, 2.75) is 12.8 Å². The molecule has 0 aliphatic rings. The Hall–Kier alpha value is -3.65. The summed E-state index contributed by atoms with van der Waals surface area (Å²) in [6.07, 6.45) is 1.81. The Kier molecular flexibility index (Phi) is 8.05. The zero-order valence-corrected chi connectivity index (χ0v) is 22.0. The molecule has 3 aromatic carbocycles. The van der Waals surface area contributed by atoms with Gasteiger partial charge in [-0.1, -0.05) is 54.6 Å². The number of aliphatic carboxylic acids is 1. The van der Waals surface area contributed by atoms with Crippen LogP contribution in [0.15, 0.2) is 89.6 Å². The van der Waals surface area contributed by atoms with Crippen molar-refractivity contribution in [1.29, 1.82) is 0 Å². The Balaban J connectivity index is 0.00000304. The SMILES string of the molecule is COc1ccc(-c2c(-c3ccccc3)oc3ncnc(Nc4cccc(CCC(=O)[O-])c4)c23)cc1.[Na+]. The summed E-state index contributed by atoms with van der Waals surface area (Å²) in [7, 11) is 1.63. The van der Waals surface area contributed by atoms with E-state index >= 15 is 0 Å². The van der Waals surface area contributed by atoms with Crippen LogP contribution in [0.25, 0.3) is 33.6 Å². The number of nitrogens with zero attached hydrogens (tertiary/aromatic N) is 2. The minimum Gasteiger partial charge on any atom is -0.550 e. The van der Waals surface area contributed by atoms with Crippen molar-refractivity contribution in [3.8, 4) is 28.2 Å². The molecule has 0 bridgehead atoms. The maximum atomic E-state index is 10.9. The largest absolute Gasteiger partial charge is 1.00 e. The summed E-state index contributed by atoms with van der Waals surface area (Å²) in [6.45, 7) is 0.